The largest absolute Gasteiger partial charge is 0.488 e. The van der Waals surface area contributed by atoms with Gasteiger partial charge in [-0.1, -0.05) is 0 Å². The third-order valence-electron chi connectivity index (χ3n) is 1.78. The van der Waals surface area contributed by atoms with Crippen LogP contribution in [-0.4, -0.2) is 27.6 Å². The highest BCUT2D eigenvalue weighted by atomic mass is 16.5. The Morgan fingerprint density at radius 2 is 2.29 bits per heavy atom. The van der Waals surface area contributed by atoms with E-state index < -0.39 is 0 Å². The maximum absolute atomic E-state index is 8.61. The molecular formula is C10H18N2O2. The SMILES string of the molecule is CC(C)Oc1cnn(CCCCO)c1. The summed E-state index contributed by atoms with van der Waals surface area (Å²) in [7, 11) is 0. The first-order valence-electron chi connectivity index (χ1n) is 5.02. The predicted octanol–water partition coefficient (Wildman–Crippen LogP) is 1.44. The van der Waals surface area contributed by atoms with Gasteiger partial charge in [-0.05, 0) is 26.7 Å². The number of hydrogen-bond acceptors (Lipinski definition) is 3. The summed E-state index contributed by atoms with van der Waals surface area (Å²) in [6.07, 6.45) is 5.56. The Morgan fingerprint density at radius 3 is 2.93 bits per heavy atom. The molecule has 1 aromatic rings. The van der Waals surface area contributed by atoms with Gasteiger partial charge in [0.1, 0.15) is 0 Å². The lowest BCUT2D eigenvalue weighted by Gasteiger charge is -2.05. The number of aryl methyl sites for hydroxylation is 1. The van der Waals surface area contributed by atoms with Gasteiger partial charge in [0.15, 0.2) is 5.75 Å². The summed E-state index contributed by atoms with van der Waals surface area (Å²) in [5, 5.41) is 12.8. The van der Waals surface area contributed by atoms with E-state index in [0.717, 1.165) is 25.1 Å². The number of aliphatic hydroxyl groups is 1. The van der Waals surface area contributed by atoms with Gasteiger partial charge < -0.3 is 9.84 Å². The predicted molar refractivity (Wildman–Crippen MR) is 54.3 cm³/mol. The molecule has 0 amide bonds. The Kier molecular flexibility index (Phi) is 4.46. The molecule has 0 spiro atoms. The quantitative estimate of drug-likeness (QED) is 0.704. The second-order valence-corrected chi connectivity index (χ2v) is 3.54. The smallest absolute Gasteiger partial charge is 0.157 e. The van der Waals surface area contributed by atoms with Gasteiger partial charge in [-0.25, -0.2) is 0 Å². The number of rotatable bonds is 6. The molecule has 0 saturated carbocycles. The van der Waals surface area contributed by atoms with Gasteiger partial charge in [-0.15, -0.1) is 0 Å². The fourth-order valence-electron chi connectivity index (χ4n) is 1.19. The van der Waals surface area contributed by atoms with Crippen LogP contribution in [0, 0.1) is 0 Å². The molecule has 80 valence electrons. The van der Waals surface area contributed by atoms with Crippen molar-refractivity contribution in [2.45, 2.75) is 39.3 Å². The molecule has 4 nitrogen and oxygen atoms in total. The van der Waals surface area contributed by atoms with Gasteiger partial charge in [0, 0.05) is 13.2 Å². The topological polar surface area (TPSA) is 47.3 Å². The van der Waals surface area contributed by atoms with Crippen LogP contribution in [-0.2, 0) is 6.54 Å². The first-order valence-corrected chi connectivity index (χ1v) is 5.02. The monoisotopic (exact) mass is 198 g/mol. The highest BCUT2D eigenvalue weighted by Crippen LogP contribution is 2.10. The molecule has 1 rings (SSSR count). The number of nitrogens with zero attached hydrogens (tertiary/aromatic N) is 2. The zero-order valence-corrected chi connectivity index (χ0v) is 8.81. The van der Waals surface area contributed by atoms with Crippen molar-refractivity contribution in [3.8, 4) is 5.75 Å². The highest BCUT2D eigenvalue weighted by molar-refractivity contribution is 5.11. The van der Waals surface area contributed by atoms with Crippen molar-refractivity contribution in [2.24, 2.45) is 0 Å². The van der Waals surface area contributed by atoms with Gasteiger partial charge in [-0.2, -0.15) is 5.10 Å². The van der Waals surface area contributed by atoms with Crippen molar-refractivity contribution in [1.82, 2.24) is 9.78 Å². The van der Waals surface area contributed by atoms with Gasteiger partial charge in [0.25, 0.3) is 0 Å². The molecule has 0 aromatic carbocycles. The summed E-state index contributed by atoms with van der Waals surface area (Å²) in [6.45, 7) is 5.06. The van der Waals surface area contributed by atoms with E-state index in [9.17, 15) is 0 Å². The summed E-state index contributed by atoms with van der Waals surface area (Å²) in [5.74, 6) is 0.809. The molecule has 1 heterocycles. The standard InChI is InChI=1S/C10H18N2O2/c1-9(2)14-10-7-11-12(8-10)5-3-4-6-13/h7-9,13H,3-6H2,1-2H3. The van der Waals surface area contributed by atoms with Crippen LogP contribution in [0.25, 0.3) is 0 Å². The maximum atomic E-state index is 8.61. The summed E-state index contributed by atoms with van der Waals surface area (Å²) < 4.78 is 7.31. The molecule has 1 N–H and O–H groups in total. The second-order valence-electron chi connectivity index (χ2n) is 3.54. The Balaban J connectivity index is 2.35. The van der Waals surface area contributed by atoms with Crippen LogP contribution in [0.4, 0.5) is 0 Å². The Labute approximate surface area is 84.5 Å². The molecule has 0 aliphatic heterocycles. The molecule has 14 heavy (non-hydrogen) atoms. The molecule has 1 aromatic heterocycles. The Hall–Kier alpha value is -1.03. The Morgan fingerprint density at radius 1 is 1.50 bits per heavy atom. The number of hydrogen-bond donors (Lipinski definition) is 1. The van der Waals surface area contributed by atoms with Gasteiger partial charge in [0.05, 0.1) is 18.5 Å². The molecule has 0 saturated heterocycles. The number of unbranched alkanes of at least 4 members (excludes halogenated alkanes) is 1. The average molecular weight is 198 g/mol. The van der Waals surface area contributed by atoms with E-state index in [1.807, 2.05) is 24.7 Å². The van der Waals surface area contributed by atoms with E-state index in [1.165, 1.54) is 0 Å². The van der Waals surface area contributed by atoms with E-state index in [0.29, 0.717) is 0 Å². The molecule has 0 radical (unpaired) electrons. The van der Waals surface area contributed by atoms with Gasteiger partial charge in [0.2, 0.25) is 0 Å². The normalized spacial score (nSPS) is 10.9. The first-order chi connectivity index (χ1) is 6.72. The van der Waals surface area contributed by atoms with Crippen LogP contribution >= 0.6 is 0 Å². The van der Waals surface area contributed by atoms with Gasteiger partial charge in [-0.3, -0.25) is 4.68 Å². The van der Waals surface area contributed by atoms with E-state index in [2.05, 4.69) is 5.10 Å². The Bertz CT molecular complexity index is 258. The fourth-order valence-corrected chi connectivity index (χ4v) is 1.19. The van der Waals surface area contributed by atoms with Crippen LogP contribution in [0.1, 0.15) is 26.7 Å². The lowest BCUT2D eigenvalue weighted by Crippen LogP contribution is -2.04. The minimum absolute atomic E-state index is 0.185. The number of aromatic nitrogens is 2. The third kappa shape index (κ3) is 3.79. The lowest BCUT2D eigenvalue weighted by molar-refractivity contribution is 0.242. The van der Waals surface area contributed by atoms with E-state index in [4.69, 9.17) is 9.84 Å². The van der Waals surface area contributed by atoms with E-state index >= 15 is 0 Å². The molecule has 4 heteroatoms. The highest BCUT2D eigenvalue weighted by Gasteiger charge is 2.00. The zero-order valence-electron chi connectivity index (χ0n) is 8.81. The van der Waals surface area contributed by atoms with Crippen LogP contribution in [0.15, 0.2) is 12.4 Å². The van der Waals surface area contributed by atoms with Crippen molar-refractivity contribution in [3.63, 3.8) is 0 Å². The molecule has 0 bridgehead atoms. The maximum Gasteiger partial charge on any atom is 0.157 e. The van der Waals surface area contributed by atoms with Crippen LogP contribution in [0.5, 0.6) is 5.75 Å². The van der Waals surface area contributed by atoms with Crippen LogP contribution < -0.4 is 4.74 Å². The molecule has 0 aliphatic carbocycles. The number of aliphatic hydroxyl groups excluding tert-OH is 1. The first kappa shape index (κ1) is 11.0. The van der Waals surface area contributed by atoms with E-state index in [1.54, 1.807) is 6.20 Å². The molecular weight excluding hydrogens is 180 g/mol. The van der Waals surface area contributed by atoms with Crippen molar-refractivity contribution in [2.75, 3.05) is 6.61 Å². The molecule has 0 fully saturated rings. The van der Waals surface area contributed by atoms with E-state index in [-0.39, 0.29) is 12.7 Å². The number of ether oxygens (including phenoxy) is 1. The minimum atomic E-state index is 0.185. The summed E-state index contributed by atoms with van der Waals surface area (Å²) in [6, 6.07) is 0. The van der Waals surface area contributed by atoms with Crippen molar-refractivity contribution < 1.29 is 9.84 Å². The van der Waals surface area contributed by atoms with Crippen LogP contribution in [0.2, 0.25) is 0 Å². The summed E-state index contributed by atoms with van der Waals surface area (Å²) in [5.41, 5.74) is 0. The van der Waals surface area contributed by atoms with Crippen molar-refractivity contribution in [3.05, 3.63) is 12.4 Å². The lowest BCUT2D eigenvalue weighted by atomic mass is 10.3. The third-order valence-corrected chi connectivity index (χ3v) is 1.78. The van der Waals surface area contributed by atoms with Crippen LogP contribution in [0.3, 0.4) is 0 Å². The second kappa shape index (κ2) is 5.65. The summed E-state index contributed by atoms with van der Waals surface area (Å²) >= 11 is 0. The molecule has 0 unspecified atom stereocenters. The van der Waals surface area contributed by atoms with Gasteiger partial charge >= 0.3 is 0 Å². The minimum Gasteiger partial charge on any atom is -0.488 e. The fraction of sp³-hybridized carbons (Fsp3) is 0.700. The molecule has 0 aliphatic rings. The average Bonchev–Trinajstić information content (AvgIpc) is 2.52. The van der Waals surface area contributed by atoms with Crippen molar-refractivity contribution in [1.29, 1.82) is 0 Å². The zero-order chi connectivity index (χ0) is 10.4. The van der Waals surface area contributed by atoms with Crippen molar-refractivity contribution >= 4 is 0 Å². The summed E-state index contributed by atoms with van der Waals surface area (Å²) in [4.78, 5) is 0. The molecule has 0 atom stereocenters.